The lowest BCUT2D eigenvalue weighted by Crippen LogP contribution is -2.28. The lowest BCUT2D eigenvalue weighted by molar-refractivity contribution is 0.240. The Morgan fingerprint density at radius 1 is 1.50 bits per heavy atom. The number of hydrogen-bond donors (Lipinski definition) is 1. The summed E-state index contributed by atoms with van der Waals surface area (Å²) in [5, 5.41) is 0. The van der Waals surface area contributed by atoms with Gasteiger partial charge in [0.1, 0.15) is 5.82 Å². The predicted molar refractivity (Wildman–Crippen MR) is 64.5 cm³/mol. The van der Waals surface area contributed by atoms with Crippen molar-refractivity contribution in [1.82, 2.24) is 4.90 Å². The van der Waals surface area contributed by atoms with Gasteiger partial charge in [-0.25, -0.2) is 4.39 Å². The van der Waals surface area contributed by atoms with Gasteiger partial charge >= 0.3 is 0 Å². The van der Waals surface area contributed by atoms with Crippen LogP contribution in [0.1, 0.15) is 31.7 Å². The zero-order chi connectivity index (χ0) is 11.5. The lowest BCUT2D eigenvalue weighted by atomic mass is 10.1. The molecule has 3 heteroatoms. The van der Waals surface area contributed by atoms with Crippen molar-refractivity contribution in [3.05, 3.63) is 29.6 Å². The molecule has 0 radical (unpaired) electrons. The molecule has 0 saturated carbocycles. The van der Waals surface area contributed by atoms with E-state index in [2.05, 4.69) is 11.8 Å². The van der Waals surface area contributed by atoms with E-state index >= 15 is 0 Å². The predicted octanol–water partition coefficient (Wildman–Crippen LogP) is 2.78. The molecular weight excluding hydrogens is 203 g/mol. The minimum absolute atomic E-state index is 0.234. The van der Waals surface area contributed by atoms with Crippen molar-refractivity contribution < 1.29 is 4.39 Å². The van der Waals surface area contributed by atoms with E-state index in [1.807, 2.05) is 6.07 Å². The Bertz CT molecular complexity index is 365. The molecule has 1 atom stereocenters. The molecule has 1 unspecified atom stereocenters. The van der Waals surface area contributed by atoms with Gasteiger partial charge < -0.3 is 5.73 Å². The smallest absolute Gasteiger partial charge is 0.146 e. The molecule has 0 aromatic heterocycles. The van der Waals surface area contributed by atoms with E-state index in [4.69, 9.17) is 5.73 Å². The third kappa shape index (κ3) is 2.35. The van der Waals surface area contributed by atoms with Gasteiger partial charge in [0.2, 0.25) is 0 Å². The summed E-state index contributed by atoms with van der Waals surface area (Å²) >= 11 is 0. The number of rotatable bonds is 3. The molecule has 1 aromatic carbocycles. The molecule has 1 heterocycles. The van der Waals surface area contributed by atoms with Crippen LogP contribution in [0.15, 0.2) is 18.2 Å². The molecule has 1 aliphatic rings. The second kappa shape index (κ2) is 4.83. The Hall–Kier alpha value is -1.09. The van der Waals surface area contributed by atoms with Gasteiger partial charge in [-0.2, -0.15) is 0 Å². The van der Waals surface area contributed by atoms with Gasteiger partial charge in [-0.05, 0) is 43.5 Å². The van der Waals surface area contributed by atoms with Gasteiger partial charge in [-0.15, -0.1) is 0 Å². The van der Waals surface area contributed by atoms with E-state index < -0.39 is 0 Å². The second-order valence-electron chi connectivity index (χ2n) is 4.53. The summed E-state index contributed by atoms with van der Waals surface area (Å²) in [4.78, 5) is 2.44. The molecule has 16 heavy (non-hydrogen) atoms. The maximum Gasteiger partial charge on any atom is 0.146 e. The largest absolute Gasteiger partial charge is 0.396 e. The van der Waals surface area contributed by atoms with E-state index in [9.17, 15) is 4.39 Å². The third-order valence-corrected chi connectivity index (χ3v) is 3.42. The second-order valence-corrected chi connectivity index (χ2v) is 4.53. The summed E-state index contributed by atoms with van der Waals surface area (Å²) < 4.78 is 13.3. The summed E-state index contributed by atoms with van der Waals surface area (Å²) in [5.41, 5.74) is 6.72. The standard InChI is InChI=1S/C13H19FN2/c1-2-11-4-3-7-16(11)9-10-5-6-13(15)12(14)8-10/h5-6,8,11H,2-4,7,9,15H2,1H3. The van der Waals surface area contributed by atoms with Crippen molar-refractivity contribution in [2.24, 2.45) is 0 Å². The van der Waals surface area contributed by atoms with Crippen molar-refractivity contribution in [3.63, 3.8) is 0 Å². The quantitative estimate of drug-likeness (QED) is 0.797. The molecule has 1 fully saturated rings. The van der Waals surface area contributed by atoms with Crippen LogP contribution in [0.5, 0.6) is 0 Å². The van der Waals surface area contributed by atoms with Crippen molar-refractivity contribution in [3.8, 4) is 0 Å². The number of hydrogen-bond acceptors (Lipinski definition) is 2. The number of halogens is 1. The highest BCUT2D eigenvalue weighted by Gasteiger charge is 2.22. The van der Waals surface area contributed by atoms with Gasteiger partial charge in [0.15, 0.2) is 0 Å². The minimum Gasteiger partial charge on any atom is -0.396 e. The summed E-state index contributed by atoms with van der Waals surface area (Å²) in [5.74, 6) is -0.301. The molecule has 2 rings (SSSR count). The highest BCUT2D eigenvalue weighted by molar-refractivity contribution is 5.41. The van der Waals surface area contributed by atoms with Crippen molar-refractivity contribution in [2.75, 3.05) is 12.3 Å². The summed E-state index contributed by atoms with van der Waals surface area (Å²) in [7, 11) is 0. The Labute approximate surface area is 96.2 Å². The fraction of sp³-hybridized carbons (Fsp3) is 0.538. The van der Waals surface area contributed by atoms with Crippen LogP contribution in [0, 0.1) is 5.82 Å². The van der Waals surface area contributed by atoms with Crippen LogP contribution in [-0.4, -0.2) is 17.5 Å². The van der Waals surface area contributed by atoms with Crippen LogP contribution >= 0.6 is 0 Å². The number of nitrogens with zero attached hydrogens (tertiary/aromatic N) is 1. The maximum atomic E-state index is 13.3. The van der Waals surface area contributed by atoms with Crippen LogP contribution in [0.4, 0.5) is 10.1 Å². The first-order valence-corrected chi connectivity index (χ1v) is 5.98. The average Bonchev–Trinajstić information content (AvgIpc) is 2.71. The fourth-order valence-electron chi connectivity index (χ4n) is 2.47. The third-order valence-electron chi connectivity index (χ3n) is 3.42. The van der Waals surface area contributed by atoms with Crippen LogP contribution in [0.2, 0.25) is 0 Å². The molecule has 0 amide bonds. The normalized spacial score (nSPS) is 21.5. The Morgan fingerprint density at radius 2 is 2.31 bits per heavy atom. The number of anilines is 1. The van der Waals surface area contributed by atoms with Crippen LogP contribution < -0.4 is 5.73 Å². The lowest BCUT2D eigenvalue weighted by Gasteiger charge is -2.23. The van der Waals surface area contributed by atoms with Gasteiger partial charge in [0.05, 0.1) is 5.69 Å². The molecule has 0 aliphatic carbocycles. The number of nitrogens with two attached hydrogens (primary N) is 1. The van der Waals surface area contributed by atoms with Gasteiger partial charge in [-0.1, -0.05) is 13.0 Å². The fourth-order valence-corrected chi connectivity index (χ4v) is 2.47. The van der Waals surface area contributed by atoms with Crippen LogP contribution in [-0.2, 0) is 6.54 Å². The first-order valence-electron chi connectivity index (χ1n) is 5.98. The van der Waals surface area contributed by atoms with Crippen molar-refractivity contribution in [2.45, 2.75) is 38.8 Å². The summed E-state index contributed by atoms with van der Waals surface area (Å²) in [6, 6.07) is 5.80. The van der Waals surface area contributed by atoms with Crippen LogP contribution in [0.25, 0.3) is 0 Å². The molecule has 2 nitrogen and oxygen atoms in total. The number of nitrogen functional groups attached to an aromatic ring is 1. The minimum atomic E-state index is -0.301. The SMILES string of the molecule is CCC1CCCN1Cc1ccc(N)c(F)c1. The number of likely N-dealkylation sites (tertiary alicyclic amines) is 1. The van der Waals surface area contributed by atoms with Crippen molar-refractivity contribution >= 4 is 5.69 Å². The number of benzene rings is 1. The molecule has 1 aromatic rings. The molecule has 88 valence electrons. The molecule has 0 spiro atoms. The maximum absolute atomic E-state index is 13.3. The van der Waals surface area contributed by atoms with E-state index in [-0.39, 0.29) is 11.5 Å². The first kappa shape index (κ1) is 11.4. The molecule has 1 saturated heterocycles. The molecule has 2 N–H and O–H groups in total. The topological polar surface area (TPSA) is 29.3 Å². The van der Waals surface area contributed by atoms with Gasteiger partial charge in [0, 0.05) is 12.6 Å². The average molecular weight is 222 g/mol. The molecular formula is C13H19FN2. The Morgan fingerprint density at radius 3 is 3.00 bits per heavy atom. The zero-order valence-corrected chi connectivity index (χ0v) is 9.75. The highest BCUT2D eigenvalue weighted by Crippen LogP contribution is 2.23. The summed E-state index contributed by atoms with van der Waals surface area (Å²) in [6.07, 6.45) is 3.71. The van der Waals surface area contributed by atoms with E-state index in [1.54, 1.807) is 12.1 Å². The monoisotopic (exact) mass is 222 g/mol. The van der Waals surface area contributed by atoms with E-state index in [1.165, 1.54) is 19.3 Å². The van der Waals surface area contributed by atoms with E-state index in [0.717, 1.165) is 18.7 Å². The zero-order valence-electron chi connectivity index (χ0n) is 9.75. The van der Waals surface area contributed by atoms with Crippen LogP contribution in [0.3, 0.4) is 0 Å². The molecule has 1 aliphatic heterocycles. The van der Waals surface area contributed by atoms with Gasteiger partial charge in [0.25, 0.3) is 0 Å². The van der Waals surface area contributed by atoms with Crippen molar-refractivity contribution in [1.29, 1.82) is 0 Å². The Kier molecular flexibility index (Phi) is 3.44. The van der Waals surface area contributed by atoms with E-state index in [0.29, 0.717) is 6.04 Å². The first-order chi connectivity index (χ1) is 7.70. The Balaban J connectivity index is 2.05. The van der Waals surface area contributed by atoms with Gasteiger partial charge in [-0.3, -0.25) is 4.90 Å². The summed E-state index contributed by atoms with van der Waals surface area (Å²) in [6.45, 7) is 4.19. The highest BCUT2D eigenvalue weighted by atomic mass is 19.1. The molecule has 0 bridgehead atoms.